The van der Waals surface area contributed by atoms with Gasteiger partial charge in [0.2, 0.25) is 0 Å². The number of pyridine rings is 1. The lowest BCUT2D eigenvalue weighted by molar-refractivity contribution is -0.137. The molecule has 9 heteroatoms. The average Bonchev–Trinajstić information content (AvgIpc) is 3.24. The van der Waals surface area contributed by atoms with Crippen LogP contribution in [0.25, 0.3) is 11.3 Å². The summed E-state index contributed by atoms with van der Waals surface area (Å²) in [4.78, 5) is 28.6. The van der Waals surface area contributed by atoms with E-state index in [1.165, 1.54) is 6.20 Å². The number of carbonyl (C=O) groups is 2. The normalized spacial score (nSPS) is 12.4. The summed E-state index contributed by atoms with van der Waals surface area (Å²) in [6.45, 7) is 3.49. The molecule has 2 atom stereocenters. The number of carboxylic acid groups (broad SMARTS) is 1. The maximum absolute atomic E-state index is 12.5. The van der Waals surface area contributed by atoms with Gasteiger partial charge in [0.1, 0.15) is 29.3 Å². The predicted octanol–water partition coefficient (Wildman–Crippen LogP) is 5.46. The average molecular weight is 487 g/mol. The third-order valence-corrected chi connectivity index (χ3v) is 5.57. The summed E-state index contributed by atoms with van der Waals surface area (Å²) >= 11 is 0. The van der Waals surface area contributed by atoms with Gasteiger partial charge in [-0.2, -0.15) is 0 Å². The number of carboxylic acids is 1. The fraction of sp³-hybridized carbons (Fsp3) is 0.185. The first-order chi connectivity index (χ1) is 17.4. The molecule has 2 aromatic carbocycles. The number of carbonyl (C=O) groups excluding carboxylic acids is 1. The van der Waals surface area contributed by atoms with Crippen molar-refractivity contribution in [2.45, 2.75) is 32.4 Å². The molecule has 0 saturated heterocycles. The van der Waals surface area contributed by atoms with Crippen molar-refractivity contribution < 1.29 is 24.0 Å². The maximum atomic E-state index is 12.5. The third kappa shape index (κ3) is 6.06. The second-order valence-electron chi connectivity index (χ2n) is 8.21. The Morgan fingerprint density at radius 3 is 2.36 bits per heavy atom. The Morgan fingerprint density at radius 1 is 1.03 bits per heavy atom. The van der Waals surface area contributed by atoms with Gasteiger partial charge in [-0.15, -0.1) is 0 Å². The lowest BCUT2D eigenvalue weighted by Gasteiger charge is -2.15. The standard InChI is InChI=1S/C27H26N4O5/c1-17-24(30-27(34)35-18(2)20-11-7-4-8-12-20)25(36-31-17)21-13-14-23(28-16-21)29-22(26(32)33)15-19-9-5-3-6-10-19/h3-14,16,18,22H,15H2,1-2H3,(H,28,29)(H,30,34)(H,32,33). The molecule has 4 rings (SSSR count). The number of hydrogen-bond donors (Lipinski definition) is 3. The molecule has 2 aromatic heterocycles. The molecule has 0 aliphatic carbocycles. The fourth-order valence-electron chi connectivity index (χ4n) is 3.64. The maximum Gasteiger partial charge on any atom is 0.412 e. The van der Waals surface area contributed by atoms with E-state index in [1.54, 1.807) is 26.0 Å². The van der Waals surface area contributed by atoms with E-state index in [1.807, 2.05) is 60.7 Å². The topological polar surface area (TPSA) is 127 Å². The molecule has 0 spiro atoms. The first-order valence-corrected chi connectivity index (χ1v) is 11.4. The van der Waals surface area contributed by atoms with Crippen molar-refractivity contribution in [3.05, 3.63) is 95.8 Å². The van der Waals surface area contributed by atoms with Crippen LogP contribution < -0.4 is 10.6 Å². The number of benzene rings is 2. The van der Waals surface area contributed by atoms with Crippen LogP contribution >= 0.6 is 0 Å². The van der Waals surface area contributed by atoms with Crippen LogP contribution in [0.2, 0.25) is 0 Å². The molecule has 0 radical (unpaired) electrons. The monoisotopic (exact) mass is 486 g/mol. The van der Waals surface area contributed by atoms with Crippen LogP contribution in [0.1, 0.15) is 29.8 Å². The highest BCUT2D eigenvalue weighted by Crippen LogP contribution is 2.31. The summed E-state index contributed by atoms with van der Waals surface area (Å²) in [5.74, 6) is -0.274. The largest absolute Gasteiger partial charge is 0.480 e. The molecule has 36 heavy (non-hydrogen) atoms. The zero-order valence-corrected chi connectivity index (χ0v) is 19.8. The van der Waals surface area contributed by atoms with Gasteiger partial charge < -0.3 is 19.7 Å². The van der Waals surface area contributed by atoms with Gasteiger partial charge >= 0.3 is 12.1 Å². The molecular formula is C27H26N4O5. The van der Waals surface area contributed by atoms with Crippen LogP contribution in [0.4, 0.5) is 16.3 Å². The SMILES string of the molecule is Cc1noc(-c2ccc(NC(Cc3ccccc3)C(=O)O)nc2)c1NC(=O)OC(C)c1ccccc1. The molecule has 3 N–H and O–H groups in total. The Bertz CT molecular complexity index is 1310. The van der Waals surface area contributed by atoms with E-state index >= 15 is 0 Å². The number of hydrogen-bond acceptors (Lipinski definition) is 7. The number of anilines is 2. The molecule has 0 aliphatic rings. The van der Waals surface area contributed by atoms with Gasteiger partial charge in [-0.3, -0.25) is 5.32 Å². The van der Waals surface area contributed by atoms with Crippen LogP contribution in [-0.4, -0.2) is 33.4 Å². The second-order valence-corrected chi connectivity index (χ2v) is 8.21. The third-order valence-electron chi connectivity index (χ3n) is 5.57. The highest BCUT2D eigenvalue weighted by Gasteiger charge is 2.21. The summed E-state index contributed by atoms with van der Waals surface area (Å²) in [5.41, 5.74) is 3.17. The van der Waals surface area contributed by atoms with Crippen molar-refractivity contribution in [1.29, 1.82) is 0 Å². The van der Waals surface area contributed by atoms with Crippen molar-refractivity contribution in [2.75, 3.05) is 10.6 Å². The molecule has 0 bridgehead atoms. The van der Waals surface area contributed by atoms with Crippen LogP contribution in [0.5, 0.6) is 0 Å². The van der Waals surface area contributed by atoms with Crippen LogP contribution in [0.15, 0.2) is 83.5 Å². The summed E-state index contributed by atoms with van der Waals surface area (Å²) in [7, 11) is 0. The smallest absolute Gasteiger partial charge is 0.412 e. The summed E-state index contributed by atoms with van der Waals surface area (Å²) < 4.78 is 10.9. The van der Waals surface area contributed by atoms with E-state index in [-0.39, 0.29) is 0 Å². The highest BCUT2D eigenvalue weighted by atomic mass is 16.6. The van der Waals surface area contributed by atoms with Crippen molar-refractivity contribution in [3.63, 3.8) is 0 Å². The van der Waals surface area contributed by atoms with Gasteiger partial charge in [-0.1, -0.05) is 65.8 Å². The van der Waals surface area contributed by atoms with Crippen molar-refractivity contribution in [1.82, 2.24) is 10.1 Å². The molecule has 2 unspecified atom stereocenters. The molecule has 4 aromatic rings. The number of amides is 1. The Hall–Kier alpha value is -4.66. The molecule has 0 fully saturated rings. The molecule has 9 nitrogen and oxygen atoms in total. The van der Waals surface area contributed by atoms with E-state index < -0.39 is 24.2 Å². The zero-order valence-electron chi connectivity index (χ0n) is 19.8. The number of ether oxygens (including phenoxy) is 1. The second kappa shape index (κ2) is 11.2. The molecule has 184 valence electrons. The minimum atomic E-state index is -0.981. The minimum Gasteiger partial charge on any atom is -0.480 e. The van der Waals surface area contributed by atoms with Crippen LogP contribution in [-0.2, 0) is 16.0 Å². The van der Waals surface area contributed by atoms with Gasteiger partial charge in [0.05, 0.1) is 0 Å². The van der Waals surface area contributed by atoms with Gasteiger partial charge in [-0.25, -0.2) is 14.6 Å². The Balaban J connectivity index is 1.44. The van der Waals surface area contributed by atoms with Crippen LogP contribution in [0, 0.1) is 6.92 Å². The highest BCUT2D eigenvalue weighted by molar-refractivity contribution is 5.90. The summed E-state index contributed by atoms with van der Waals surface area (Å²) in [5, 5.41) is 19.2. The van der Waals surface area contributed by atoms with E-state index in [9.17, 15) is 14.7 Å². The number of aryl methyl sites for hydroxylation is 1. The van der Waals surface area contributed by atoms with Crippen molar-refractivity contribution in [2.24, 2.45) is 0 Å². The minimum absolute atomic E-state index is 0.304. The summed E-state index contributed by atoms with van der Waals surface area (Å²) in [6.07, 6.45) is 0.737. The molecule has 0 saturated carbocycles. The number of nitrogens with zero attached hydrogens (tertiary/aromatic N) is 2. The predicted molar refractivity (Wildman–Crippen MR) is 135 cm³/mol. The number of aliphatic carboxylic acids is 1. The molecule has 0 aliphatic heterocycles. The Kier molecular flexibility index (Phi) is 7.60. The number of nitrogens with one attached hydrogen (secondary N) is 2. The molecule has 2 heterocycles. The van der Waals surface area contributed by atoms with E-state index in [0.717, 1.165) is 11.1 Å². The van der Waals surface area contributed by atoms with Crippen molar-refractivity contribution in [3.8, 4) is 11.3 Å². The molecule has 1 amide bonds. The quantitative estimate of drug-likeness (QED) is 0.285. The molecular weight excluding hydrogens is 460 g/mol. The van der Waals surface area contributed by atoms with Crippen molar-refractivity contribution >= 4 is 23.6 Å². The fourth-order valence-corrected chi connectivity index (χ4v) is 3.64. The van der Waals surface area contributed by atoms with E-state index in [4.69, 9.17) is 9.26 Å². The van der Waals surface area contributed by atoms with E-state index in [2.05, 4.69) is 20.8 Å². The van der Waals surface area contributed by atoms with Gasteiger partial charge in [0.15, 0.2) is 5.76 Å². The first-order valence-electron chi connectivity index (χ1n) is 11.4. The Morgan fingerprint density at radius 2 is 1.72 bits per heavy atom. The first kappa shape index (κ1) is 24.5. The lowest BCUT2D eigenvalue weighted by atomic mass is 10.1. The lowest BCUT2D eigenvalue weighted by Crippen LogP contribution is -2.31. The van der Waals surface area contributed by atoms with Gasteiger partial charge in [0, 0.05) is 18.2 Å². The Labute approximate surface area is 208 Å². The van der Waals surface area contributed by atoms with E-state index in [0.29, 0.717) is 34.9 Å². The zero-order chi connectivity index (χ0) is 25.5. The van der Waals surface area contributed by atoms with Gasteiger partial charge in [0.25, 0.3) is 0 Å². The summed E-state index contributed by atoms with van der Waals surface area (Å²) in [6, 6.07) is 21.3. The number of rotatable bonds is 9. The van der Waals surface area contributed by atoms with Crippen LogP contribution in [0.3, 0.4) is 0 Å². The number of aromatic nitrogens is 2. The van der Waals surface area contributed by atoms with Gasteiger partial charge in [-0.05, 0) is 37.1 Å².